The summed E-state index contributed by atoms with van der Waals surface area (Å²) >= 11 is 1.20. The molecule has 2 heterocycles. The third-order valence-corrected chi connectivity index (χ3v) is 5.85. The van der Waals surface area contributed by atoms with Gasteiger partial charge in [-0.3, -0.25) is 9.59 Å². The quantitative estimate of drug-likeness (QED) is 0.911. The summed E-state index contributed by atoms with van der Waals surface area (Å²) < 4.78 is 25.5. The van der Waals surface area contributed by atoms with Gasteiger partial charge >= 0.3 is 0 Å². The van der Waals surface area contributed by atoms with Gasteiger partial charge in [0.1, 0.15) is 10.9 Å². The van der Waals surface area contributed by atoms with E-state index >= 15 is 0 Å². The Morgan fingerprint density at radius 1 is 1.36 bits per heavy atom. The van der Waals surface area contributed by atoms with Crippen molar-refractivity contribution >= 4 is 38.3 Å². The first kappa shape index (κ1) is 14.7. The van der Waals surface area contributed by atoms with E-state index in [4.69, 9.17) is 0 Å². The van der Waals surface area contributed by atoms with Gasteiger partial charge < -0.3 is 5.32 Å². The minimum Gasteiger partial charge on any atom is -0.300 e. The van der Waals surface area contributed by atoms with Gasteiger partial charge in [-0.1, -0.05) is 12.1 Å². The van der Waals surface area contributed by atoms with Crippen LogP contribution in [0.5, 0.6) is 0 Å². The van der Waals surface area contributed by atoms with E-state index < -0.39 is 27.9 Å². The number of carbonyl (C=O) groups excluding carboxylic acids is 2. The fraction of sp³-hybridized carbons (Fsp3) is 0.154. The molecule has 2 amide bonds. The number of thiazole rings is 1. The van der Waals surface area contributed by atoms with Gasteiger partial charge in [0.25, 0.3) is 15.9 Å². The highest BCUT2D eigenvalue weighted by Gasteiger charge is 2.45. The molecule has 1 aliphatic heterocycles. The zero-order valence-corrected chi connectivity index (χ0v) is 13.0. The molecule has 0 aliphatic carbocycles. The number of fused-ring (bicyclic) bond motifs is 1. The van der Waals surface area contributed by atoms with Crippen molar-refractivity contribution < 1.29 is 18.0 Å². The summed E-state index contributed by atoms with van der Waals surface area (Å²) in [5, 5.41) is 4.51. The second-order valence-corrected chi connectivity index (χ2v) is 7.28. The summed E-state index contributed by atoms with van der Waals surface area (Å²) in [6.45, 7) is 1.37. The molecule has 2 aromatic rings. The van der Waals surface area contributed by atoms with Gasteiger partial charge in [0.15, 0.2) is 5.13 Å². The summed E-state index contributed by atoms with van der Waals surface area (Å²) in [5.74, 6) is -1.31. The van der Waals surface area contributed by atoms with Crippen molar-refractivity contribution in [1.82, 2.24) is 9.29 Å². The summed E-state index contributed by atoms with van der Waals surface area (Å²) in [7, 11) is -4.01. The third-order valence-electron chi connectivity index (χ3n) is 3.25. The number of benzene rings is 1. The summed E-state index contributed by atoms with van der Waals surface area (Å²) in [6.07, 6.45) is 1.51. The molecule has 114 valence electrons. The molecule has 9 heteroatoms. The van der Waals surface area contributed by atoms with Crippen molar-refractivity contribution in [3.05, 3.63) is 41.4 Å². The van der Waals surface area contributed by atoms with Gasteiger partial charge in [0.05, 0.1) is 5.56 Å². The highest BCUT2D eigenvalue weighted by atomic mass is 32.2. The molecular weight excluding hydrogens is 326 g/mol. The number of hydrogen-bond acceptors (Lipinski definition) is 6. The average Bonchev–Trinajstić information content (AvgIpc) is 3.05. The number of rotatable bonds is 3. The number of nitrogens with zero attached hydrogens (tertiary/aromatic N) is 2. The van der Waals surface area contributed by atoms with Crippen LogP contribution in [-0.4, -0.2) is 35.6 Å². The van der Waals surface area contributed by atoms with Crippen LogP contribution in [0, 0.1) is 0 Å². The molecule has 0 saturated heterocycles. The van der Waals surface area contributed by atoms with Gasteiger partial charge in [0, 0.05) is 11.6 Å². The molecule has 0 saturated carbocycles. The SMILES string of the molecule is C[C@H](C(=O)Nc1nccs1)N1C(=O)c2ccccc2S1(=O)=O. The first-order chi connectivity index (χ1) is 10.4. The van der Waals surface area contributed by atoms with Crippen molar-refractivity contribution in [2.75, 3.05) is 5.32 Å². The lowest BCUT2D eigenvalue weighted by molar-refractivity contribution is -0.118. The average molecular weight is 337 g/mol. The Morgan fingerprint density at radius 2 is 2.09 bits per heavy atom. The van der Waals surface area contributed by atoms with E-state index in [1.807, 2.05) is 0 Å². The first-order valence-corrected chi connectivity index (χ1v) is 8.63. The molecule has 0 fully saturated rings. The summed E-state index contributed by atoms with van der Waals surface area (Å²) in [5.41, 5.74) is 0.0800. The minimum absolute atomic E-state index is 0.0751. The number of aromatic nitrogens is 1. The molecule has 0 bridgehead atoms. The second kappa shape index (κ2) is 5.18. The molecule has 1 aromatic carbocycles. The molecule has 1 aromatic heterocycles. The molecule has 0 spiro atoms. The highest BCUT2D eigenvalue weighted by molar-refractivity contribution is 7.90. The standard InChI is InChI=1S/C13H11N3O4S2/c1-8(11(17)15-13-14-6-7-21-13)16-12(18)9-4-2-3-5-10(9)22(16,19)20/h2-8H,1H3,(H,14,15,17)/t8-/m1/s1. The number of carbonyl (C=O) groups is 2. The Hall–Kier alpha value is -2.26. The van der Waals surface area contributed by atoms with Crippen LogP contribution in [0.15, 0.2) is 40.7 Å². The van der Waals surface area contributed by atoms with E-state index in [2.05, 4.69) is 10.3 Å². The van der Waals surface area contributed by atoms with Crippen molar-refractivity contribution in [3.8, 4) is 0 Å². The van der Waals surface area contributed by atoms with E-state index in [9.17, 15) is 18.0 Å². The molecule has 3 rings (SSSR count). The Labute approximate surface area is 130 Å². The van der Waals surface area contributed by atoms with E-state index in [1.165, 1.54) is 42.7 Å². The molecule has 1 N–H and O–H groups in total. The van der Waals surface area contributed by atoms with E-state index in [0.717, 1.165) is 0 Å². The van der Waals surface area contributed by atoms with Crippen LogP contribution in [0.3, 0.4) is 0 Å². The van der Waals surface area contributed by atoms with Crippen molar-refractivity contribution in [2.45, 2.75) is 17.9 Å². The molecule has 7 nitrogen and oxygen atoms in total. The molecular formula is C13H11N3O4S2. The fourth-order valence-electron chi connectivity index (χ4n) is 2.19. The maximum Gasteiger partial charge on any atom is 0.269 e. The lowest BCUT2D eigenvalue weighted by atomic mass is 10.2. The topological polar surface area (TPSA) is 96.4 Å². The fourth-order valence-corrected chi connectivity index (χ4v) is 4.44. The number of sulfonamides is 1. The predicted octanol–water partition coefficient (Wildman–Crippen LogP) is 1.31. The monoisotopic (exact) mass is 337 g/mol. The second-order valence-electron chi connectivity index (χ2n) is 4.60. The van der Waals surface area contributed by atoms with E-state index in [0.29, 0.717) is 9.44 Å². The molecule has 1 aliphatic rings. The van der Waals surface area contributed by atoms with Crippen LogP contribution in [0.2, 0.25) is 0 Å². The number of anilines is 1. The van der Waals surface area contributed by atoms with Crippen molar-refractivity contribution in [3.63, 3.8) is 0 Å². The number of hydrogen-bond donors (Lipinski definition) is 1. The molecule has 22 heavy (non-hydrogen) atoms. The number of amides is 2. The lowest BCUT2D eigenvalue weighted by Crippen LogP contribution is -2.45. The van der Waals surface area contributed by atoms with Gasteiger partial charge in [-0.05, 0) is 19.1 Å². The Morgan fingerprint density at radius 3 is 2.73 bits per heavy atom. The molecule has 0 unspecified atom stereocenters. The van der Waals surface area contributed by atoms with E-state index in [1.54, 1.807) is 11.4 Å². The largest absolute Gasteiger partial charge is 0.300 e. The predicted molar refractivity (Wildman–Crippen MR) is 80.0 cm³/mol. The van der Waals surface area contributed by atoms with E-state index in [-0.39, 0.29) is 10.5 Å². The zero-order valence-electron chi connectivity index (χ0n) is 11.4. The van der Waals surface area contributed by atoms with Crippen LogP contribution in [-0.2, 0) is 14.8 Å². The first-order valence-electron chi connectivity index (χ1n) is 6.31. The Kier molecular flexibility index (Phi) is 3.45. The smallest absolute Gasteiger partial charge is 0.269 e. The van der Waals surface area contributed by atoms with Crippen molar-refractivity contribution in [2.24, 2.45) is 0 Å². The highest BCUT2D eigenvalue weighted by Crippen LogP contribution is 2.31. The maximum atomic E-state index is 12.5. The van der Waals surface area contributed by atoms with Gasteiger partial charge in [-0.25, -0.2) is 17.7 Å². The Balaban J connectivity index is 1.92. The third kappa shape index (κ3) is 2.18. The Bertz CT molecular complexity index is 846. The van der Waals surface area contributed by atoms with Gasteiger partial charge in [-0.2, -0.15) is 0 Å². The molecule has 1 atom stereocenters. The van der Waals surface area contributed by atoms with Crippen LogP contribution in [0.4, 0.5) is 5.13 Å². The zero-order chi connectivity index (χ0) is 15.9. The minimum atomic E-state index is -4.01. The normalized spacial score (nSPS) is 17.1. The van der Waals surface area contributed by atoms with Crippen LogP contribution in [0.25, 0.3) is 0 Å². The summed E-state index contributed by atoms with van der Waals surface area (Å²) in [4.78, 5) is 28.3. The maximum absolute atomic E-state index is 12.5. The van der Waals surface area contributed by atoms with Crippen molar-refractivity contribution in [1.29, 1.82) is 0 Å². The van der Waals surface area contributed by atoms with Crippen LogP contribution in [0.1, 0.15) is 17.3 Å². The summed E-state index contributed by atoms with van der Waals surface area (Å²) in [6, 6.07) is 4.73. The van der Waals surface area contributed by atoms with Crippen LogP contribution >= 0.6 is 11.3 Å². The van der Waals surface area contributed by atoms with Gasteiger partial charge in [-0.15, -0.1) is 11.3 Å². The number of nitrogens with one attached hydrogen (secondary N) is 1. The molecule has 0 radical (unpaired) electrons. The lowest BCUT2D eigenvalue weighted by Gasteiger charge is -2.21. The van der Waals surface area contributed by atoms with Gasteiger partial charge in [0.2, 0.25) is 5.91 Å². The van der Waals surface area contributed by atoms with Crippen LogP contribution < -0.4 is 5.32 Å².